The highest BCUT2D eigenvalue weighted by atomic mass is 19.1. The van der Waals surface area contributed by atoms with Gasteiger partial charge < -0.3 is 10.1 Å². The fraction of sp³-hybridized carbons (Fsp3) is 0.278. The molecule has 22 heavy (non-hydrogen) atoms. The molecule has 1 atom stereocenters. The minimum Gasteiger partial charge on any atom is -0.481 e. The molecule has 1 N–H and O–H groups in total. The first-order chi connectivity index (χ1) is 10.5. The van der Waals surface area contributed by atoms with Crippen LogP contribution in [0.15, 0.2) is 42.5 Å². The van der Waals surface area contributed by atoms with Gasteiger partial charge >= 0.3 is 0 Å². The lowest BCUT2D eigenvalue weighted by molar-refractivity contribution is -0.127. The van der Waals surface area contributed by atoms with Gasteiger partial charge in [0.15, 0.2) is 6.10 Å². The number of carbonyl (C=O) groups is 1. The fourth-order valence-corrected chi connectivity index (χ4v) is 2.23. The zero-order chi connectivity index (χ0) is 16.1. The number of benzene rings is 2. The van der Waals surface area contributed by atoms with Crippen molar-refractivity contribution in [3.8, 4) is 5.75 Å². The summed E-state index contributed by atoms with van der Waals surface area (Å²) in [5.41, 5.74) is 2.61. The van der Waals surface area contributed by atoms with E-state index in [9.17, 15) is 9.18 Å². The SMILES string of the molecule is Cc1cc(C)cc(OC(C)C(=O)NCc2ccccc2F)c1. The normalized spacial score (nSPS) is 11.8. The Hall–Kier alpha value is -2.36. The Labute approximate surface area is 130 Å². The molecule has 116 valence electrons. The summed E-state index contributed by atoms with van der Waals surface area (Å²) >= 11 is 0. The second-order valence-electron chi connectivity index (χ2n) is 5.39. The van der Waals surface area contributed by atoms with Gasteiger partial charge in [-0.15, -0.1) is 0 Å². The highest BCUT2D eigenvalue weighted by molar-refractivity contribution is 5.80. The van der Waals surface area contributed by atoms with Crippen LogP contribution < -0.4 is 10.1 Å². The van der Waals surface area contributed by atoms with Crippen LogP contribution in [-0.2, 0) is 11.3 Å². The summed E-state index contributed by atoms with van der Waals surface area (Å²) in [6, 6.07) is 12.2. The third-order valence-corrected chi connectivity index (χ3v) is 3.29. The van der Waals surface area contributed by atoms with Gasteiger partial charge in [0.05, 0.1) is 0 Å². The lowest BCUT2D eigenvalue weighted by Crippen LogP contribution is -2.36. The fourth-order valence-electron chi connectivity index (χ4n) is 2.23. The Balaban J connectivity index is 1.93. The quantitative estimate of drug-likeness (QED) is 0.917. The van der Waals surface area contributed by atoms with Crippen LogP contribution in [0.5, 0.6) is 5.75 Å². The molecule has 2 rings (SSSR count). The van der Waals surface area contributed by atoms with Crippen molar-refractivity contribution in [3.05, 3.63) is 65.0 Å². The number of aryl methyl sites for hydroxylation is 2. The van der Waals surface area contributed by atoms with Gasteiger partial charge in [0.1, 0.15) is 11.6 Å². The van der Waals surface area contributed by atoms with E-state index in [0.29, 0.717) is 11.3 Å². The largest absolute Gasteiger partial charge is 0.481 e. The minimum atomic E-state index is -0.645. The van der Waals surface area contributed by atoms with Crippen LogP contribution in [0.3, 0.4) is 0 Å². The molecule has 0 aliphatic carbocycles. The van der Waals surface area contributed by atoms with Crippen LogP contribution in [0.25, 0.3) is 0 Å². The van der Waals surface area contributed by atoms with E-state index >= 15 is 0 Å². The van der Waals surface area contributed by atoms with Crippen molar-refractivity contribution in [1.82, 2.24) is 5.32 Å². The van der Waals surface area contributed by atoms with Crippen LogP contribution in [-0.4, -0.2) is 12.0 Å². The number of hydrogen-bond donors (Lipinski definition) is 1. The van der Waals surface area contributed by atoms with Gasteiger partial charge in [-0.2, -0.15) is 0 Å². The van der Waals surface area contributed by atoms with Crippen LogP contribution in [0, 0.1) is 19.7 Å². The van der Waals surface area contributed by atoms with E-state index < -0.39 is 6.10 Å². The van der Waals surface area contributed by atoms with E-state index in [-0.39, 0.29) is 18.3 Å². The lowest BCUT2D eigenvalue weighted by atomic mass is 10.1. The highest BCUT2D eigenvalue weighted by Crippen LogP contribution is 2.17. The topological polar surface area (TPSA) is 38.3 Å². The van der Waals surface area contributed by atoms with Crippen molar-refractivity contribution < 1.29 is 13.9 Å². The average Bonchev–Trinajstić information content (AvgIpc) is 2.45. The minimum absolute atomic E-state index is 0.145. The molecule has 4 heteroatoms. The van der Waals surface area contributed by atoms with Crippen molar-refractivity contribution in [2.75, 3.05) is 0 Å². The molecule has 1 amide bonds. The second-order valence-corrected chi connectivity index (χ2v) is 5.39. The number of carbonyl (C=O) groups excluding carboxylic acids is 1. The second kappa shape index (κ2) is 7.07. The standard InChI is InChI=1S/C18H20FNO2/c1-12-8-13(2)10-16(9-12)22-14(3)18(21)20-11-15-6-4-5-7-17(15)19/h4-10,14H,11H2,1-3H3,(H,20,21). The maximum Gasteiger partial charge on any atom is 0.261 e. The Morgan fingerprint density at radius 2 is 1.82 bits per heavy atom. The van der Waals surface area contributed by atoms with E-state index in [4.69, 9.17) is 4.74 Å². The molecule has 0 spiro atoms. The molecule has 0 aliphatic rings. The predicted molar refractivity (Wildman–Crippen MR) is 84.3 cm³/mol. The molecule has 0 bridgehead atoms. The monoisotopic (exact) mass is 301 g/mol. The Morgan fingerprint density at radius 3 is 2.45 bits per heavy atom. The molecular formula is C18H20FNO2. The molecule has 0 aliphatic heterocycles. The maximum absolute atomic E-state index is 13.5. The summed E-state index contributed by atoms with van der Waals surface area (Å²) in [4.78, 5) is 12.0. The van der Waals surface area contributed by atoms with Crippen molar-refractivity contribution in [2.24, 2.45) is 0 Å². The molecular weight excluding hydrogens is 281 g/mol. The van der Waals surface area contributed by atoms with Crippen LogP contribution >= 0.6 is 0 Å². The average molecular weight is 301 g/mol. The van der Waals surface area contributed by atoms with Crippen molar-refractivity contribution >= 4 is 5.91 Å². The molecule has 0 saturated heterocycles. The third kappa shape index (κ3) is 4.32. The molecule has 0 aromatic heterocycles. The van der Waals surface area contributed by atoms with E-state index in [0.717, 1.165) is 11.1 Å². The van der Waals surface area contributed by atoms with Crippen LogP contribution in [0.1, 0.15) is 23.6 Å². The third-order valence-electron chi connectivity index (χ3n) is 3.29. The smallest absolute Gasteiger partial charge is 0.261 e. The van der Waals surface area contributed by atoms with Gasteiger partial charge in [-0.1, -0.05) is 24.3 Å². The van der Waals surface area contributed by atoms with E-state index in [1.807, 2.05) is 32.0 Å². The molecule has 1 unspecified atom stereocenters. The molecule has 0 saturated carbocycles. The number of halogens is 1. The Kier molecular flexibility index (Phi) is 5.15. The molecule has 2 aromatic rings. The zero-order valence-corrected chi connectivity index (χ0v) is 13.0. The van der Waals surface area contributed by atoms with Gasteiger partial charge in [-0.25, -0.2) is 4.39 Å². The van der Waals surface area contributed by atoms with Crippen LogP contribution in [0.2, 0.25) is 0 Å². The molecule has 2 aromatic carbocycles. The zero-order valence-electron chi connectivity index (χ0n) is 13.0. The van der Waals surface area contributed by atoms with Crippen molar-refractivity contribution in [1.29, 1.82) is 0 Å². The van der Waals surface area contributed by atoms with Crippen molar-refractivity contribution in [2.45, 2.75) is 33.4 Å². The number of hydrogen-bond acceptors (Lipinski definition) is 2. The number of rotatable bonds is 5. The Bertz CT molecular complexity index is 650. The van der Waals surface area contributed by atoms with E-state index in [1.165, 1.54) is 6.07 Å². The summed E-state index contributed by atoms with van der Waals surface area (Å²) in [6.45, 7) is 5.77. The Morgan fingerprint density at radius 1 is 1.18 bits per heavy atom. The van der Waals surface area contributed by atoms with Gasteiger partial charge in [-0.3, -0.25) is 4.79 Å². The molecule has 3 nitrogen and oxygen atoms in total. The molecule has 0 fully saturated rings. The molecule has 0 radical (unpaired) electrons. The first-order valence-corrected chi connectivity index (χ1v) is 7.22. The summed E-state index contributed by atoms with van der Waals surface area (Å²) < 4.78 is 19.1. The van der Waals surface area contributed by atoms with Crippen molar-refractivity contribution in [3.63, 3.8) is 0 Å². The highest BCUT2D eigenvalue weighted by Gasteiger charge is 2.15. The van der Waals surface area contributed by atoms with Gasteiger partial charge in [0, 0.05) is 12.1 Å². The summed E-state index contributed by atoms with van der Waals surface area (Å²) in [7, 11) is 0. The summed E-state index contributed by atoms with van der Waals surface area (Å²) in [5, 5.41) is 2.69. The van der Waals surface area contributed by atoms with Gasteiger partial charge in [-0.05, 0) is 50.1 Å². The molecule has 0 heterocycles. The summed E-state index contributed by atoms with van der Waals surface area (Å²) in [6.07, 6.45) is -0.645. The predicted octanol–water partition coefficient (Wildman–Crippen LogP) is 3.53. The van der Waals surface area contributed by atoms with Crippen LogP contribution in [0.4, 0.5) is 4.39 Å². The van der Waals surface area contributed by atoms with Gasteiger partial charge in [0.25, 0.3) is 5.91 Å². The van der Waals surface area contributed by atoms with E-state index in [1.54, 1.807) is 25.1 Å². The summed E-state index contributed by atoms with van der Waals surface area (Å²) in [5.74, 6) is 0.0548. The number of ether oxygens (including phenoxy) is 1. The maximum atomic E-state index is 13.5. The van der Waals surface area contributed by atoms with Gasteiger partial charge in [0.2, 0.25) is 0 Å². The first-order valence-electron chi connectivity index (χ1n) is 7.22. The number of nitrogens with one attached hydrogen (secondary N) is 1. The first kappa shape index (κ1) is 16.0. The lowest BCUT2D eigenvalue weighted by Gasteiger charge is -2.16. The number of amides is 1. The van der Waals surface area contributed by atoms with E-state index in [2.05, 4.69) is 5.32 Å².